The summed E-state index contributed by atoms with van der Waals surface area (Å²) in [6, 6.07) is 22.6. The van der Waals surface area contributed by atoms with Gasteiger partial charge in [0.05, 0.1) is 24.8 Å². The summed E-state index contributed by atoms with van der Waals surface area (Å²) in [5.41, 5.74) is 2.57. The Kier molecular flexibility index (Phi) is 7.47. The van der Waals surface area contributed by atoms with Gasteiger partial charge in [-0.2, -0.15) is 0 Å². The predicted octanol–water partition coefficient (Wildman–Crippen LogP) is 5.14. The van der Waals surface area contributed by atoms with E-state index < -0.39 is 0 Å². The zero-order valence-electron chi connectivity index (χ0n) is 18.5. The number of hydrogen-bond acceptors (Lipinski definition) is 4. The molecule has 1 heterocycles. The van der Waals surface area contributed by atoms with Crippen molar-refractivity contribution in [1.82, 2.24) is 14.9 Å². The van der Waals surface area contributed by atoms with E-state index in [0.717, 1.165) is 41.3 Å². The van der Waals surface area contributed by atoms with Crippen LogP contribution in [-0.4, -0.2) is 35.7 Å². The van der Waals surface area contributed by atoms with Gasteiger partial charge in [0, 0.05) is 36.2 Å². The number of hydrogen-bond donors (Lipinski definition) is 1. The van der Waals surface area contributed by atoms with Crippen LogP contribution in [0, 0.1) is 0 Å². The Labute approximate surface area is 198 Å². The molecule has 0 aliphatic rings. The normalized spacial score (nSPS) is 10.8. The van der Waals surface area contributed by atoms with Crippen LogP contribution in [0.15, 0.2) is 72.8 Å². The molecular weight excluding hydrogens is 438 g/mol. The van der Waals surface area contributed by atoms with Crippen LogP contribution in [0.5, 0.6) is 11.5 Å². The van der Waals surface area contributed by atoms with Gasteiger partial charge in [0.2, 0.25) is 0 Å². The van der Waals surface area contributed by atoms with E-state index in [1.165, 1.54) is 0 Å². The number of amides is 1. The molecule has 0 unspecified atom stereocenters. The van der Waals surface area contributed by atoms with Crippen LogP contribution in [0.3, 0.4) is 0 Å². The fraction of sp³-hybridized carbons (Fsp3) is 0.231. The second-order valence-electron chi connectivity index (χ2n) is 7.57. The summed E-state index contributed by atoms with van der Waals surface area (Å²) in [6.07, 6.45) is 1.44. The predicted molar refractivity (Wildman–Crippen MR) is 130 cm³/mol. The largest absolute Gasteiger partial charge is 0.497 e. The molecule has 4 aromatic rings. The molecule has 6 nitrogen and oxygen atoms in total. The van der Waals surface area contributed by atoms with E-state index in [-0.39, 0.29) is 5.91 Å². The molecule has 1 amide bonds. The van der Waals surface area contributed by atoms with Crippen molar-refractivity contribution in [3.63, 3.8) is 0 Å². The molecule has 0 bridgehead atoms. The monoisotopic (exact) mass is 463 g/mol. The first-order valence-corrected chi connectivity index (χ1v) is 11.3. The van der Waals surface area contributed by atoms with Crippen LogP contribution >= 0.6 is 11.6 Å². The molecule has 1 aromatic heterocycles. The van der Waals surface area contributed by atoms with E-state index in [0.29, 0.717) is 30.2 Å². The Morgan fingerprint density at radius 3 is 2.70 bits per heavy atom. The summed E-state index contributed by atoms with van der Waals surface area (Å²) in [7, 11) is 1.64. The van der Waals surface area contributed by atoms with Crippen molar-refractivity contribution in [3.05, 3.63) is 89.2 Å². The maximum absolute atomic E-state index is 12.4. The molecule has 4 rings (SSSR count). The van der Waals surface area contributed by atoms with Crippen molar-refractivity contribution in [3.8, 4) is 11.5 Å². The maximum atomic E-state index is 12.4. The number of methoxy groups -OCH3 is 1. The molecule has 0 radical (unpaired) electrons. The Bertz CT molecular complexity index is 1240. The minimum absolute atomic E-state index is 0.146. The zero-order chi connectivity index (χ0) is 23.0. The summed E-state index contributed by atoms with van der Waals surface area (Å²) in [6.45, 7) is 1.82. The highest BCUT2D eigenvalue weighted by Gasteiger charge is 2.12. The van der Waals surface area contributed by atoms with Gasteiger partial charge in [0.25, 0.3) is 5.91 Å². The zero-order valence-corrected chi connectivity index (χ0v) is 19.2. The summed E-state index contributed by atoms with van der Waals surface area (Å²) < 4.78 is 13.3. The second-order valence-corrected chi connectivity index (χ2v) is 8.00. The number of benzene rings is 3. The highest BCUT2D eigenvalue weighted by molar-refractivity contribution is 6.30. The number of nitrogens with zero attached hydrogens (tertiary/aromatic N) is 2. The molecule has 0 aliphatic carbocycles. The number of imidazole rings is 1. The Morgan fingerprint density at radius 1 is 1.03 bits per heavy atom. The number of aryl methyl sites for hydroxylation is 1. The lowest BCUT2D eigenvalue weighted by atomic mass is 10.2. The molecule has 0 saturated heterocycles. The summed E-state index contributed by atoms with van der Waals surface area (Å²) in [4.78, 5) is 17.2. The lowest BCUT2D eigenvalue weighted by Crippen LogP contribution is -2.26. The van der Waals surface area contributed by atoms with Crippen LogP contribution in [0.1, 0.15) is 22.6 Å². The number of halogens is 1. The molecule has 0 saturated carbocycles. The minimum atomic E-state index is -0.146. The third-order valence-electron chi connectivity index (χ3n) is 5.29. The molecule has 3 aromatic carbocycles. The molecule has 170 valence electrons. The lowest BCUT2D eigenvalue weighted by molar-refractivity contribution is 0.0954. The van der Waals surface area contributed by atoms with Gasteiger partial charge in [-0.1, -0.05) is 35.9 Å². The van der Waals surface area contributed by atoms with Crippen molar-refractivity contribution in [1.29, 1.82) is 0 Å². The molecule has 7 heteroatoms. The number of aromatic nitrogens is 2. The third kappa shape index (κ3) is 5.84. The van der Waals surface area contributed by atoms with Crippen LogP contribution in [0.2, 0.25) is 5.02 Å². The number of ether oxygens (including phenoxy) is 2. The highest BCUT2D eigenvalue weighted by Crippen LogP contribution is 2.20. The molecule has 0 fully saturated rings. The smallest absolute Gasteiger partial charge is 0.251 e. The van der Waals surface area contributed by atoms with Crippen LogP contribution in [0.4, 0.5) is 0 Å². The average molecular weight is 464 g/mol. The third-order valence-corrected chi connectivity index (χ3v) is 5.53. The first kappa shape index (κ1) is 22.7. The Hall–Kier alpha value is -3.51. The summed E-state index contributed by atoms with van der Waals surface area (Å²) in [5.74, 6) is 2.35. The van der Waals surface area contributed by atoms with Crippen molar-refractivity contribution in [2.45, 2.75) is 19.4 Å². The van der Waals surface area contributed by atoms with Gasteiger partial charge in [-0.05, 0) is 48.9 Å². The SMILES string of the molecule is COc1cccc(OCCCn2c(CCNC(=O)c3cccc(Cl)c3)nc3ccccc32)c1. The molecular formula is C26H26ClN3O3. The quantitative estimate of drug-likeness (QED) is 0.331. The molecule has 33 heavy (non-hydrogen) atoms. The van der Waals surface area contributed by atoms with E-state index >= 15 is 0 Å². The average Bonchev–Trinajstić information content (AvgIpc) is 3.19. The van der Waals surface area contributed by atoms with E-state index in [1.807, 2.05) is 42.5 Å². The minimum Gasteiger partial charge on any atom is -0.497 e. The number of rotatable bonds is 10. The number of para-hydroxylation sites is 2. The molecule has 0 aliphatic heterocycles. The van der Waals surface area contributed by atoms with Crippen molar-refractivity contribution in [2.24, 2.45) is 0 Å². The van der Waals surface area contributed by atoms with E-state index in [1.54, 1.807) is 31.4 Å². The number of carbonyl (C=O) groups is 1. The molecule has 0 atom stereocenters. The van der Waals surface area contributed by atoms with Gasteiger partial charge in [-0.15, -0.1) is 0 Å². The highest BCUT2D eigenvalue weighted by atomic mass is 35.5. The van der Waals surface area contributed by atoms with Crippen LogP contribution in [0.25, 0.3) is 11.0 Å². The first-order chi connectivity index (χ1) is 16.1. The topological polar surface area (TPSA) is 65.4 Å². The number of carbonyl (C=O) groups excluding carboxylic acids is 1. The van der Waals surface area contributed by atoms with Gasteiger partial charge < -0.3 is 19.4 Å². The Balaban J connectivity index is 1.37. The second kappa shape index (κ2) is 10.9. The fourth-order valence-corrected chi connectivity index (χ4v) is 3.88. The lowest BCUT2D eigenvalue weighted by Gasteiger charge is -2.11. The van der Waals surface area contributed by atoms with E-state index in [4.69, 9.17) is 26.1 Å². The summed E-state index contributed by atoms with van der Waals surface area (Å²) in [5, 5.41) is 3.50. The van der Waals surface area contributed by atoms with E-state index in [9.17, 15) is 4.79 Å². The maximum Gasteiger partial charge on any atom is 0.251 e. The van der Waals surface area contributed by atoms with Gasteiger partial charge in [0.15, 0.2) is 0 Å². The first-order valence-electron chi connectivity index (χ1n) is 10.9. The van der Waals surface area contributed by atoms with Crippen molar-refractivity contribution < 1.29 is 14.3 Å². The van der Waals surface area contributed by atoms with Crippen molar-refractivity contribution >= 4 is 28.5 Å². The summed E-state index contributed by atoms with van der Waals surface area (Å²) >= 11 is 5.99. The number of fused-ring (bicyclic) bond motifs is 1. The van der Waals surface area contributed by atoms with Gasteiger partial charge in [-0.3, -0.25) is 4.79 Å². The van der Waals surface area contributed by atoms with Crippen LogP contribution < -0.4 is 14.8 Å². The van der Waals surface area contributed by atoms with Crippen molar-refractivity contribution in [2.75, 3.05) is 20.3 Å². The van der Waals surface area contributed by atoms with Gasteiger partial charge >= 0.3 is 0 Å². The van der Waals surface area contributed by atoms with Gasteiger partial charge in [-0.25, -0.2) is 4.98 Å². The Morgan fingerprint density at radius 2 is 1.85 bits per heavy atom. The number of nitrogens with one attached hydrogen (secondary N) is 1. The molecule has 0 spiro atoms. The van der Waals surface area contributed by atoms with E-state index in [2.05, 4.69) is 16.0 Å². The fourth-order valence-electron chi connectivity index (χ4n) is 3.69. The van der Waals surface area contributed by atoms with Crippen LogP contribution in [-0.2, 0) is 13.0 Å². The standard InChI is InChI=1S/C26H26ClN3O3/c1-32-21-9-5-10-22(18-21)33-16-6-15-30-24-12-3-2-11-23(24)29-25(30)13-14-28-26(31)19-7-4-8-20(27)17-19/h2-5,7-12,17-18H,6,13-16H2,1H3,(H,28,31). The van der Waals surface area contributed by atoms with Gasteiger partial charge in [0.1, 0.15) is 17.3 Å². The molecule has 1 N–H and O–H groups in total.